The quantitative estimate of drug-likeness (QED) is 0.0522. The zero-order valence-corrected chi connectivity index (χ0v) is 33.7. The lowest BCUT2D eigenvalue weighted by molar-refractivity contribution is 0.0530. The van der Waals surface area contributed by atoms with Gasteiger partial charge in [0.05, 0.1) is 39.5 Å². The summed E-state index contributed by atoms with van der Waals surface area (Å²) in [5.74, 6) is -22.6. The number of halogens is 10. The highest BCUT2D eigenvalue weighted by Crippen LogP contribution is 2.42. The molecule has 4 aromatic carbocycles. The van der Waals surface area contributed by atoms with Crippen molar-refractivity contribution in [1.82, 2.24) is 19.9 Å². The van der Waals surface area contributed by atoms with Crippen LogP contribution in [0.2, 0.25) is 0 Å². The van der Waals surface area contributed by atoms with E-state index in [1.807, 2.05) is 0 Å². The summed E-state index contributed by atoms with van der Waals surface area (Å²) >= 11 is 1.23. The Bertz CT molecular complexity index is 3270. The average molecular weight is 915 g/mol. The molecule has 0 unspecified atom stereocenters. The molecule has 0 aliphatic carbocycles. The van der Waals surface area contributed by atoms with E-state index < -0.39 is 86.4 Å². The van der Waals surface area contributed by atoms with Gasteiger partial charge in [-0.2, -0.15) is 11.8 Å². The van der Waals surface area contributed by atoms with Gasteiger partial charge in [-0.1, -0.05) is 42.5 Å². The number of carbonyl (C=O) groups excluding carboxylic acids is 1. The number of esters is 1. The van der Waals surface area contributed by atoms with Crippen LogP contribution in [-0.4, -0.2) is 44.5 Å². The number of aromatic nitrogens is 4. The molecular formula is C48H26F10N4O2S. The second-order valence-corrected chi connectivity index (χ2v) is 15.2. The summed E-state index contributed by atoms with van der Waals surface area (Å²) in [7, 11) is 0. The SMILES string of the molecule is [3H]CSCCOC(=O)c1ccc(-c2c3nc(c(-c4c(F)c(F)c(F)c(F)c4F)c4ccc([nH]4)c(-c4ccccc4)c4nc(c(-c5c(F)c(F)c(F)c(F)c5F)c5ccc2[nH]5)C=C4)C=C3)cc1. The number of aromatic amines is 2. The largest absolute Gasteiger partial charge is 0.461 e. The van der Waals surface area contributed by atoms with Crippen LogP contribution in [0.15, 0.2) is 78.9 Å². The van der Waals surface area contributed by atoms with Gasteiger partial charge in [-0.15, -0.1) is 0 Å². The van der Waals surface area contributed by atoms with E-state index in [-0.39, 0.29) is 79.9 Å². The zero-order valence-electron chi connectivity index (χ0n) is 33.8. The second kappa shape index (κ2) is 17.0. The first kappa shape index (κ1) is 41.6. The normalized spacial score (nSPS) is 12.2. The Morgan fingerprint density at radius 3 is 1.28 bits per heavy atom. The average Bonchev–Trinajstić information content (AvgIpc) is 4.19. The van der Waals surface area contributed by atoms with Crippen LogP contribution in [0.3, 0.4) is 0 Å². The van der Waals surface area contributed by atoms with Gasteiger partial charge in [-0.05, 0) is 78.1 Å². The van der Waals surface area contributed by atoms with Crippen molar-refractivity contribution in [3.63, 3.8) is 0 Å². The molecule has 0 atom stereocenters. The van der Waals surface area contributed by atoms with E-state index in [1.54, 1.807) is 30.3 Å². The summed E-state index contributed by atoms with van der Waals surface area (Å²) in [5.41, 5.74) is -3.31. The molecular weight excluding hydrogens is 887 g/mol. The predicted molar refractivity (Wildman–Crippen MR) is 229 cm³/mol. The molecule has 3 aromatic heterocycles. The first-order valence-corrected chi connectivity index (χ1v) is 20.3. The summed E-state index contributed by atoms with van der Waals surface area (Å²) < 4.78 is 165. The van der Waals surface area contributed by atoms with Crippen molar-refractivity contribution in [3.05, 3.63) is 165 Å². The van der Waals surface area contributed by atoms with Gasteiger partial charge in [0.15, 0.2) is 46.5 Å². The molecule has 9 rings (SSSR count). The number of hydrogen-bond acceptors (Lipinski definition) is 5. The van der Waals surface area contributed by atoms with Gasteiger partial charge < -0.3 is 14.7 Å². The van der Waals surface area contributed by atoms with Gasteiger partial charge >= 0.3 is 5.97 Å². The van der Waals surface area contributed by atoms with Crippen molar-refractivity contribution in [2.75, 3.05) is 18.6 Å². The first-order chi connectivity index (χ1) is 31.8. The summed E-state index contributed by atoms with van der Waals surface area (Å²) in [6.07, 6.45) is 5.34. The second-order valence-electron chi connectivity index (χ2n) is 14.4. The van der Waals surface area contributed by atoms with Crippen molar-refractivity contribution in [1.29, 1.82) is 0 Å². The fraction of sp³-hybridized carbons (Fsp3) is 0.0625. The van der Waals surface area contributed by atoms with Gasteiger partial charge in [0.25, 0.3) is 0 Å². The van der Waals surface area contributed by atoms with Crippen molar-refractivity contribution in [3.8, 4) is 44.5 Å². The highest BCUT2D eigenvalue weighted by molar-refractivity contribution is 7.98. The molecule has 0 saturated heterocycles. The summed E-state index contributed by atoms with van der Waals surface area (Å²) in [6.45, 7) is 0.0182. The molecule has 65 heavy (non-hydrogen) atoms. The van der Waals surface area contributed by atoms with E-state index >= 15 is 35.1 Å². The fourth-order valence-corrected chi connectivity index (χ4v) is 7.84. The lowest BCUT2D eigenvalue weighted by atomic mass is 10.0. The van der Waals surface area contributed by atoms with Gasteiger partial charge in [0, 0.05) is 51.4 Å². The van der Waals surface area contributed by atoms with Crippen LogP contribution >= 0.6 is 11.8 Å². The van der Waals surface area contributed by atoms with E-state index in [0.29, 0.717) is 11.3 Å². The van der Waals surface area contributed by atoms with Gasteiger partial charge in [0.2, 0.25) is 11.6 Å². The topological polar surface area (TPSA) is 83.7 Å². The predicted octanol–water partition coefficient (Wildman–Crippen LogP) is 13.2. The van der Waals surface area contributed by atoms with Crippen molar-refractivity contribution in [2.24, 2.45) is 0 Å². The van der Waals surface area contributed by atoms with Crippen LogP contribution < -0.4 is 0 Å². The van der Waals surface area contributed by atoms with E-state index in [4.69, 9.17) is 6.11 Å². The highest BCUT2D eigenvalue weighted by atomic mass is 32.2. The molecule has 8 bridgehead atoms. The van der Waals surface area contributed by atoms with Crippen LogP contribution in [0.1, 0.15) is 34.5 Å². The van der Waals surface area contributed by atoms with Crippen molar-refractivity contribution >= 4 is 64.1 Å². The zero-order chi connectivity index (χ0) is 46.6. The third-order valence-electron chi connectivity index (χ3n) is 10.6. The van der Waals surface area contributed by atoms with Gasteiger partial charge in [-0.25, -0.2) is 58.7 Å². The standard InChI is InChI=1S/C48H26F10N4O2S/c1-65-20-19-64-48(63)23-9-7-22(8-10-23)33-26-13-17-30(61-26)34(36-38(49)42(53)46(57)43(54)39(36)50)28-15-11-24(59-28)32(21-5-3-2-4-6-21)25-12-16-29(60-25)35(31-18-14-27(33)62-31)37-40(51)44(55)47(58)45(56)41(37)52/h2-18,59,62H,19-20H2,1H3/i1T. The van der Waals surface area contributed by atoms with Crippen molar-refractivity contribution in [2.45, 2.75) is 0 Å². The molecule has 326 valence electrons. The van der Waals surface area contributed by atoms with Crippen LogP contribution in [-0.2, 0) is 4.74 Å². The fourth-order valence-electron chi connectivity index (χ4n) is 7.64. The molecule has 2 N–H and O–H groups in total. The lowest BCUT2D eigenvalue weighted by Gasteiger charge is -2.11. The molecule has 6 nitrogen and oxygen atoms in total. The van der Waals surface area contributed by atoms with Crippen LogP contribution in [0.5, 0.6) is 0 Å². The number of carbonyl (C=O) groups is 1. The molecule has 0 spiro atoms. The monoisotopic (exact) mass is 914 g/mol. The molecule has 0 fully saturated rings. The van der Waals surface area contributed by atoms with Crippen LogP contribution in [0, 0.1) is 58.2 Å². The maximum atomic E-state index is 15.9. The minimum absolute atomic E-state index is 0.0182. The molecule has 0 saturated carbocycles. The molecule has 17 heteroatoms. The van der Waals surface area contributed by atoms with Gasteiger partial charge in [-0.3, -0.25) is 0 Å². The Morgan fingerprint density at radius 2 is 0.862 bits per heavy atom. The number of nitrogens with one attached hydrogen (secondary N) is 2. The molecule has 0 amide bonds. The Morgan fingerprint density at radius 1 is 0.492 bits per heavy atom. The van der Waals surface area contributed by atoms with E-state index in [0.717, 1.165) is 0 Å². The first-order valence-electron chi connectivity index (χ1n) is 19.9. The number of hydrogen-bond donors (Lipinski definition) is 2. The minimum Gasteiger partial charge on any atom is -0.461 e. The minimum atomic E-state index is -2.39. The number of nitrogens with zero attached hydrogens (tertiary/aromatic N) is 2. The Labute approximate surface area is 366 Å². The molecule has 2 aliphatic heterocycles. The Balaban J connectivity index is 1.44. The smallest absolute Gasteiger partial charge is 0.338 e. The summed E-state index contributed by atoms with van der Waals surface area (Å²) in [5, 5.41) is 0. The summed E-state index contributed by atoms with van der Waals surface area (Å²) in [6, 6.07) is 19.4. The Kier molecular flexibility index (Phi) is 10.8. The number of ether oxygens (including phenoxy) is 1. The third kappa shape index (κ3) is 7.34. The van der Waals surface area contributed by atoms with E-state index in [2.05, 4.69) is 19.9 Å². The number of fused-ring (bicyclic) bond motifs is 8. The maximum absolute atomic E-state index is 15.9. The van der Waals surface area contributed by atoms with E-state index in [1.165, 1.54) is 84.6 Å². The summed E-state index contributed by atoms with van der Waals surface area (Å²) in [4.78, 5) is 28.1. The molecule has 2 aliphatic rings. The van der Waals surface area contributed by atoms with Crippen LogP contribution in [0.4, 0.5) is 43.9 Å². The number of rotatable bonds is 8. The number of thioether (sulfide) groups is 1. The molecule has 7 aromatic rings. The number of H-pyrrole nitrogens is 2. The third-order valence-corrected chi connectivity index (χ3v) is 11.1. The molecule has 5 heterocycles. The van der Waals surface area contributed by atoms with Crippen LogP contribution in [0.25, 0.3) is 90.9 Å². The Hall–Kier alpha value is -7.40. The maximum Gasteiger partial charge on any atom is 0.338 e. The highest BCUT2D eigenvalue weighted by Gasteiger charge is 2.32. The van der Waals surface area contributed by atoms with Crippen molar-refractivity contribution < 1.29 is 54.8 Å². The van der Waals surface area contributed by atoms with E-state index in [9.17, 15) is 13.6 Å². The van der Waals surface area contributed by atoms with Gasteiger partial charge in [0.1, 0.15) is 6.61 Å². The lowest BCUT2D eigenvalue weighted by Crippen LogP contribution is -2.07. The molecule has 0 radical (unpaired) electrons. The number of benzene rings is 4.